The van der Waals surface area contributed by atoms with Crippen molar-refractivity contribution in [3.8, 4) is 0 Å². The van der Waals surface area contributed by atoms with Gasteiger partial charge in [-0.3, -0.25) is 0 Å². The molecular formula is C12H21N3S. The van der Waals surface area contributed by atoms with Crippen LogP contribution in [-0.2, 0) is 0 Å². The van der Waals surface area contributed by atoms with Crippen LogP contribution in [0.15, 0.2) is 6.07 Å². The van der Waals surface area contributed by atoms with Crippen LogP contribution < -0.4 is 11.1 Å². The second-order valence-corrected chi connectivity index (χ2v) is 5.76. The molecule has 0 amide bonds. The Morgan fingerprint density at radius 1 is 1.44 bits per heavy atom. The van der Waals surface area contributed by atoms with E-state index in [1.807, 2.05) is 6.07 Å². The van der Waals surface area contributed by atoms with E-state index >= 15 is 0 Å². The molecule has 1 aromatic rings. The van der Waals surface area contributed by atoms with E-state index in [-0.39, 0.29) is 0 Å². The Bertz CT molecular complexity index is 316. The molecule has 1 saturated carbocycles. The van der Waals surface area contributed by atoms with Gasteiger partial charge >= 0.3 is 0 Å². The molecule has 0 radical (unpaired) electrons. The van der Waals surface area contributed by atoms with Crippen LogP contribution in [0.25, 0.3) is 0 Å². The predicted molar refractivity (Wildman–Crippen MR) is 70.8 cm³/mol. The molecule has 2 rings (SSSR count). The van der Waals surface area contributed by atoms with Crippen LogP contribution in [-0.4, -0.2) is 10.9 Å². The van der Waals surface area contributed by atoms with Gasteiger partial charge in [0.25, 0.3) is 0 Å². The fourth-order valence-corrected chi connectivity index (χ4v) is 2.99. The first-order valence-electron chi connectivity index (χ1n) is 6.20. The first-order valence-corrected chi connectivity index (χ1v) is 6.97. The van der Waals surface area contributed by atoms with Crippen molar-refractivity contribution in [3.63, 3.8) is 0 Å². The first kappa shape index (κ1) is 11.7. The lowest BCUT2D eigenvalue weighted by atomic mass is 9.81. The van der Waals surface area contributed by atoms with E-state index in [4.69, 9.17) is 5.73 Å². The van der Waals surface area contributed by atoms with E-state index in [1.165, 1.54) is 43.6 Å². The summed E-state index contributed by atoms with van der Waals surface area (Å²) in [6, 6.07) is 1.91. The van der Waals surface area contributed by atoms with Crippen LogP contribution in [0.4, 0.5) is 10.8 Å². The van der Waals surface area contributed by atoms with Gasteiger partial charge in [0.05, 0.1) is 0 Å². The third kappa shape index (κ3) is 3.37. The smallest absolute Gasteiger partial charge is 0.139 e. The highest BCUT2D eigenvalue weighted by molar-refractivity contribution is 7.10. The van der Waals surface area contributed by atoms with Crippen LogP contribution in [0.2, 0.25) is 0 Å². The predicted octanol–water partition coefficient (Wildman–Crippen LogP) is 3.35. The summed E-state index contributed by atoms with van der Waals surface area (Å²) in [5.74, 6) is 2.50. The largest absolute Gasteiger partial charge is 0.383 e. The molecule has 4 heteroatoms. The van der Waals surface area contributed by atoms with E-state index in [0.717, 1.165) is 23.4 Å². The van der Waals surface area contributed by atoms with E-state index in [0.29, 0.717) is 5.82 Å². The normalized spacial score (nSPS) is 25.6. The Labute approximate surface area is 102 Å². The van der Waals surface area contributed by atoms with Crippen molar-refractivity contribution in [2.24, 2.45) is 11.8 Å². The van der Waals surface area contributed by atoms with E-state index < -0.39 is 0 Å². The molecule has 0 atom stereocenters. The minimum absolute atomic E-state index is 0.624. The van der Waals surface area contributed by atoms with Crippen LogP contribution >= 0.6 is 11.5 Å². The van der Waals surface area contributed by atoms with Gasteiger partial charge in [-0.05, 0) is 29.8 Å². The minimum atomic E-state index is 0.624. The highest BCUT2D eigenvalue weighted by Crippen LogP contribution is 2.30. The SMILES string of the molecule is CC1CCC(CCNc2cc(N)ns2)CC1. The molecule has 0 spiro atoms. The average molecular weight is 239 g/mol. The highest BCUT2D eigenvalue weighted by atomic mass is 32.1. The standard InChI is InChI=1S/C12H21N3S/c1-9-2-4-10(5-3-9)6-7-14-12-8-11(13)15-16-12/h8-10,14H,2-7H2,1H3,(H2,13,15). The minimum Gasteiger partial charge on any atom is -0.383 e. The Kier molecular flexibility index (Phi) is 4.04. The molecule has 90 valence electrons. The van der Waals surface area contributed by atoms with E-state index in [1.54, 1.807) is 0 Å². The number of hydrogen-bond donors (Lipinski definition) is 2. The number of anilines is 2. The van der Waals surface area contributed by atoms with Crippen molar-refractivity contribution >= 4 is 22.4 Å². The molecule has 1 heterocycles. The second-order valence-electron chi connectivity index (χ2n) is 4.96. The van der Waals surface area contributed by atoms with Crippen LogP contribution in [0.3, 0.4) is 0 Å². The number of rotatable bonds is 4. The van der Waals surface area contributed by atoms with Crippen LogP contribution in [0.5, 0.6) is 0 Å². The van der Waals surface area contributed by atoms with Gasteiger partial charge in [0.15, 0.2) is 0 Å². The maximum absolute atomic E-state index is 5.57. The van der Waals surface area contributed by atoms with E-state index in [9.17, 15) is 0 Å². The summed E-state index contributed by atoms with van der Waals surface area (Å²) >= 11 is 1.45. The third-order valence-electron chi connectivity index (χ3n) is 3.52. The third-order valence-corrected chi connectivity index (χ3v) is 4.28. The lowest BCUT2D eigenvalue weighted by Crippen LogP contribution is -2.15. The van der Waals surface area contributed by atoms with E-state index in [2.05, 4.69) is 16.6 Å². The van der Waals surface area contributed by atoms with Crippen molar-refractivity contribution in [1.82, 2.24) is 4.37 Å². The number of nitrogens with one attached hydrogen (secondary N) is 1. The number of aromatic nitrogens is 1. The zero-order valence-corrected chi connectivity index (χ0v) is 10.7. The molecule has 0 aliphatic heterocycles. The highest BCUT2D eigenvalue weighted by Gasteiger charge is 2.17. The average Bonchev–Trinajstić information content (AvgIpc) is 2.67. The van der Waals surface area contributed by atoms with Gasteiger partial charge in [-0.1, -0.05) is 32.6 Å². The summed E-state index contributed by atoms with van der Waals surface area (Å²) in [5.41, 5.74) is 5.57. The van der Waals surface area contributed by atoms with Gasteiger partial charge in [0.1, 0.15) is 10.8 Å². The summed E-state index contributed by atoms with van der Waals surface area (Å²) in [4.78, 5) is 0. The molecule has 3 N–H and O–H groups in total. The fraction of sp³-hybridized carbons (Fsp3) is 0.750. The maximum atomic E-state index is 5.57. The molecule has 0 unspecified atom stereocenters. The van der Waals surface area contributed by atoms with Crippen LogP contribution in [0.1, 0.15) is 39.0 Å². The maximum Gasteiger partial charge on any atom is 0.139 e. The molecule has 16 heavy (non-hydrogen) atoms. The van der Waals surface area contributed by atoms with Gasteiger partial charge < -0.3 is 11.1 Å². The quantitative estimate of drug-likeness (QED) is 0.847. The number of nitrogens with zero attached hydrogens (tertiary/aromatic N) is 1. The lowest BCUT2D eigenvalue weighted by molar-refractivity contribution is 0.282. The van der Waals surface area contributed by atoms with Crippen LogP contribution in [0, 0.1) is 11.8 Å². The fourth-order valence-electron chi connectivity index (χ4n) is 2.39. The number of nitrogens with two attached hydrogens (primary N) is 1. The van der Waals surface area contributed by atoms with Crippen molar-refractivity contribution < 1.29 is 0 Å². The molecular weight excluding hydrogens is 218 g/mol. The summed E-state index contributed by atoms with van der Waals surface area (Å²) in [5, 5.41) is 4.50. The molecule has 1 aliphatic carbocycles. The zero-order valence-electron chi connectivity index (χ0n) is 9.91. The molecule has 1 fully saturated rings. The topological polar surface area (TPSA) is 50.9 Å². The first-order chi connectivity index (χ1) is 7.74. The molecule has 0 bridgehead atoms. The molecule has 1 aromatic heterocycles. The molecule has 3 nitrogen and oxygen atoms in total. The monoisotopic (exact) mass is 239 g/mol. The Morgan fingerprint density at radius 3 is 2.81 bits per heavy atom. The van der Waals surface area contributed by atoms with Gasteiger partial charge in [-0.25, -0.2) is 0 Å². The van der Waals surface area contributed by atoms with Crippen molar-refractivity contribution in [1.29, 1.82) is 0 Å². The molecule has 0 saturated heterocycles. The Balaban J connectivity index is 1.64. The van der Waals surface area contributed by atoms with Gasteiger partial charge in [0, 0.05) is 12.6 Å². The second kappa shape index (κ2) is 5.53. The van der Waals surface area contributed by atoms with Gasteiger partial charge in [0.2, 0.25) is 0 Å². The summed E-state index contributed by atoms with van der Waals surface area (Å²) in [6.45, 7) is 3.43. The molecule has 0 aromatic carbocycles. The van der Waals surface area contributed by atoms with Crippen molar-refractivity contribution in [2.45, 2.75) is 39.0 Å². The lowest BCUT2D eigenvalue weighted by Gasteiger charge is -2.26. The summed E-state index contributed by atoms with van der Waals surface area (Å²) in [7, 11) is 0. The Morgan fingerprint density at radius 2 is 2.19 bits per heavy atom. The zero-order chi connectivity index (χ0) is 11.4. The number of hydrogen-bond acceptors (Lipinski definition) is 4. The van der Waals surface area contributed by atoms with Crippen molar-refractivity contribution in [2.75, 3.05) is 17.6 Å². The summed E-state index contributed by atoms with van der Waals surface area (Å²) < 4.78 is 4.05. The number of nitrogen functional groups attached to an aromatic ring is 1. The Hall–Kier alpha value is -0.770. The van der Waals surface area contributed by atoms with Crippen molar-refractivity contribution in [3.05, 3.63) is 6.07 Å². The molecule has 1 aliphatic rings. The summed E-state index contributed by atoms with van der Waals surface area (Å²) in [6.07, 6.45) is 6.93. The van der Waals surface area contributed by atoms with Gasteiger partial charge in [-0.2, -0.15) is 4.37 Å². The van der Waals surface area contributed by atoms with Gasteiger partial charge in [-0.15, -0.1) is 0 Å².